The zero-order valence-corrected chi connectivity index (χ0v) is 24.9. The van der Waals surface area contributed by atoms with Crippen molar-refractivity contribution in [3.8, 4) is 11.5 Å². The van der Waals surface area contributed by atoms with E-state index in [1.54, 1.807) is 37.3 Å². The third kappa shape index (κ3) is 5.29. The molecule has 11 heteroatoms. The minimum Gasteiger partial charge on any atom is -0.490 e. The molecule has 3 heterocycles. The molecular formula is C30H29ClN2O7S. The lowest BCUT2D eigenvalue weighted by Crippen LogP contribution is -2.29. The summed E-state index contributed by atoms with van der Waals surface area (Å²) >= 11 is 7.21. The average molecular weight is 597 g/mol. The van der Waals surface area contributed by atoms with Crippen molar-refractivity contribution in [3.05, 3.63) is 79.1 Å². The van der Waals surface area contributed by atoms with Crippen molar-refractivity contribution in [2.24, 2.45) is 5.92 Å². The van der Waals surface area contributed by atoms with Crippen molar-refractivity contribution < 1.29 is 28.2 Å². The van der Waals surface area contributed by atoms with Gasteiger partial charge in [-0.05, 0) is 62.1 Å². The Morgan fingerprint density at radius 1 is 1.15 bits per heavy atom. The van der Waals surface area contributed by atoms with E-state index >= 15 is 0 Å². The van der Waals surface area contributed by atoms with Crippen LogP contribution in [0.3, 0.4) is 0 Å². The highest BCUT2D eigenvalue weighted by Crippen LogP contribution is 2.45. The van der Waals surface area contributed by atoms with Crippen molar-refractivity contribution in [3.63, 3.8) is 0 Å². The van der Waals surface area contributed by atoms with E-state index in [-0.39, 0.29) is 37.7 Å². The van der Waals surface area contributed by atoms with Crippen LogP contribution in [0.1, 0.15) is 70.3 Å². The number of aromatic nitrogens is 1. The van der Waals surface area contributed by atoms with E-state index < -0.39 is 17.9 Å². The summed E-state index contributed by atoms with van der Waals surface area (Å²) < 4.78 is 22.8. The minimum absolute atomic E-state index is 0.0995. The molecule has 0 bridgehead atoms. The maximum Gasteiger partial charge on any atom is 0.350 e. The molecule has 0 saturated heterocycles. The lowest BCUT2D eigenvalue weighted by molar-refractivity contribution is 0.0605. The summed E-state index contributed by atoms with van der Waals surface area (Å²) in [7, 11) is 1.28. The summed E-state index contributed by atoms with van der Waals surface area (Å²) in [6.45, 7) is 8.65. The fraction of sp³-hybridized carbons (Fsp3) is 0.333. The van der Waals surface area contributed by atoms with Gasteiger partial charge in [0.2, 0.25) is 5.76 Å². The molecule has 0 saturated carbocycles. The monoisotopic (exact) mass is 596 g/mol. The number of halogens is 1. The summed E-state index contributed by atoms with van der Waals surface area (Å²) in [5.41, 5.74) is 0.980. The molecule has 1 atom stereocenters. The first-order valence-corrected chi connectivity index (χ1v) is 14.4. The van der Waals surface area contributed by atoms with E-state index in [2.05, 4.69) is 18.8 Å². The normalized spacial score (nSPS) is 14.6. The first-order chi connectivity index (χ1) is 19.6. The quantitative estimate of drug-likeness (QED) is 0.200. The molecule has 41 heavy (non-hydrogen) atoms. The number of thiazole rings is 1. The average Bonchev–Trinajstić information content (AvgIpc) is 3.46. The highest BCUT2D eigenvalue weighted by molar-refractivity contribution is 7.17. The molecule has 0 radical (unpaired) electrons. The first-order valence-electron chi connectivity index (χ1n) is 13.2. The molecular weight excluding hydrogens is 568 g/mol. The molecule has 5 rings (SSSR count). The van der Waals surface area contributed by atoms with Crippen molar-refractivity contribution >= 4 is 50.9 Å². The van der Waals surface area contributed by atoms with E-state index in [9.17, 15) is 14.4 Å². The van der Waals surface area contributed by atoms with Gasteiger partial charge in [0.1, 0.15) is 10.5 Å². The third-order valence-corrected chi connectivity index (χ3v) is 8.10. The van der Waals surface area contributed by atoms with E-state index in [4.69, 9.17) is 30.2 Å². The van der Waals surface area contributed by atoms with E-state index in [1.807, 2.05) is 6.92 Å². The van der Waals surface area contributed by atoms with Crippen molar-refractivity contribution in [2.45, 2.75) is 40.2 Å². The molecule has 0 aliphatic carbocycles. The molecule has 1 aliphatic rings. The van der Waals surface area contributed by atoms with Crippen LogP contribution >= 0.6 is 22.9 Å². The summed E-state index contributed by atoms with van der Waals surface area (Å²) in [6.07, 6.45) is 0.869. The Balaban J connectivity index is 1.70. The number of carbonyl (C=O) groups is 2. The van der Waals surface area contributed by atoms with Gasteiger partial charge in [0.15, 0.2) is 22.1 Å². The van der Waals surface area contributed by atoms with Crippen LogP contribution in [0.15, 0.2) is 45.6 Å². The van der Waals surface area contributed by atoms with Gasteiger partial charge < -0.3 is 18.6 Å². The number of hydrogen-bond acceptors (Lipinski definition) is 9. The number of aryl methyl sites for hydroxylation is 1. The summed E-state index contributed by atoms with van der Waals surface area (Å²) in [5.74, 6) is 0.287. The van der Waals surface area contributed by atoms with Crippen LogP contribution in [0, 0.1) is 12.8 Å². The molecule has 214 valence electrons. The second kappa shape index (κ2) is 11.5. The lowest BCUT2D eigenvalue weighted by atomic mass is 9.98. The SMILES string of the molecule is CCOc1cc(C2c3c(oc4ccc(Cl)cc4c3=O)C(=O)N2c2nc(C)c(C(=O)OC)s2)ccc1OCCC(C)C. The second-order valence-corrected chi connectivity index (χ2v) is 11.4. The molecule has 4 aromatic rings. The Morgan fingerprint density at radius 3 is 2.63 bits per heavy atom. The van der Waals surface area contributed by atoms with Crippen molar-refractivity contribution in [1.82, 2.24) is 4.98 Å². The van der Waals surface area contributed by atoms with Gasteiger partial charge in [-0.2, -0.15) is 0 Å². The van der Waals surface area contributed by atoms with E-state index in [0.717, 1.165) is 17.8 Å². The summed E-state index contributed by atoms with van der Waals surface area (Å²) in [5, 5.41) is 0.837. The molecule has 9 nitrogen and oxygen atoms in total. The smallest absolute Gasteiger partial charge is 0.350 e. The fourth-order valence-corrected chi connectivity index (χ4v) is 5.90. The molecule has 0 spiro atoms. The zero-order valence-electron chi connectivity index (χ0n) is 23.3. The number of ether oxygens (including phenoxy) is 3. The van der Waals surface area contributed by atoms with Gasteiger partial charge in [-0.25, -0.2) is 9.78 Å². The van der Waals surface area contributed by atoms with Gasteiger partial charge in [0.25, 0.3) is 5.91 Å². The van der Waals surface area contributed by atoms with Crippen LogP contribution in [0.25, 0.3) is 11.0 Å². The summed E-state index contributed by atoms with van der Waals surface area (Å²) in [4.78, 5) is 46.4. The van der Waals surface area contributed by atoms with Crippen molar-refractivity contribution in [1.29, 1.82) is 0 Å². The predicted molar refractivity (Wildman–Crippen MR) is 157 cm³/mol. The van der Waals surface area contributed by atoms with E-state index in [1.165, 1.54) is 18.1 Å². The number of carbonyl (C=O) groups excluding carboxylic acids is 2. The molecule has 1 unspecified atom stereocenters. The number of nitrogens with zero attached hydrogens (tertiary/aromatic N) is 2. The predicted octanol–water partition coefficient (Wildman–Crippen LogP) is 6.57. The van der Waals surface area contributed by atoms with Crippen molar-refractivity contribution in [2.75, 3.05) is 25.2 Å². The van der Waals surface area contributed by atoms with Gasteiger partial charge in [0.05, 0.1) is 43.0 Å². The van der Waals surface area contributed by atoms with Gasteiger partial charge in [-0.15, -0.1) is 0 Å². The Labute approximate surface area is 245 Å². The molecule has 2 aromatic heterocycles. The van der Waals surface area contributed by atoms with Gasteiger partial charge in [0, 0.05) is 5.02 Å². The van der Waals surface area contributed by atoms with Crippen LogP contribution in [-0.4, -0.2) is 37.2 Å². The highest BCUT2D eigenvalue weighted by atomic mass is 35.5. The largest absolute Gasteiger partial charge is 0.490 e. The standard InChI is InChI=1S/C30H29ClN2O7S/c1-6-38-22-13-17(7-9-21(22)39-12-11-15(2)3)24-23-25(34)19-14-18(31)8-10-20(19)40-26(23)28(35)33(24)30-32-16(4)27(41-30)29(36)37-5/h7-10,13-15,24H,6,11-12H2,1-5H3. The van der Waals surface area contributed by atoms with Crippen LogP contribution < -0.4 is 19.8 Å². The second-order valence-electron chi connectivity index (χ2n) is 9.96. The van der Waals surface area contributed by atoms with Crippen LogP contribution in [0.2, 0.25) is 5.02 Å². The van der Waals surface area contributed by atoms with Gasteiger partial charge in [-0.1, -0.05) is 42.9 Å². The number of anilines is 1. The molecule has 0 N–H and O–H groups in total. The lowest BCUT2D eigenvalue weighted by Gasteiger charge is -2.23. The van der Waals surface area contributed by atoms with Gasteiger partial charge in [-0.3, -0.25) is 14.5 Å². The Morgan fingerprint density at radius 2 is 1.93 bits per heavy atom. The molecule has 2 aromatic carbocycles. The number of esters is 1. The number of rotatable bonds is 9. The number of benzene rings is 2. The number of amides is 1. The summed E-state index contributed by atoms with van der Waals surface area (Å²) in [6, 6.07) is 9.07. The minimum atomic E-state index is -0.919. The topological polar surface area (TPSA) is 108 Å². The van der Waals surface area contributed by atoms with Crippen LogP contribution in [0.4, 0.5) is 5.13 Å². The molecule has 1 amide bonds. The highest BCUT2D eigenvalue weighted by Gasteiger charge is 2.45. The van der Waals surface area contributed by atoms with Crippen LogP contribution in [-0.2, 0) is 4.74 Å². The Bertz CT molecular complexity index is 1710. The van der Waals surface area contributed by atoms with Crippen LogP contribution in [0.5, 0.6) is 11.5 Å². The fourth-order valence-electron chi connectivity index (χ4n) is 4.71. The Hall–Kier alpha value is -3.89. The molecule has 0 fully saturated rings. The maximum absolute atomic E-state index is 13.9. The van der Waals surface area contributed by atoms with Gasteiger partial charge >= 0.3 is 5.97 Å². The maximum atomic E-state index is 13.9. The zero-order chi connectivity index (χ0) is 29.4. The number of methoxy groups -OCH3 is 1. The third-order valence-electron chi connectivity index (χ3n) is 6.73. The first kappa shape index (κ1) is 28.6. The molecule has 1 aliphatic heterocycles. The Kier molecular flexibility index (Phi) is 8.06. The van der Waals surface area contributed by atoms with E-state index in [0.29, 0.717) is 46.9 Å². The number of fused-ring (bicyclic) bond motifs is 2. The number of hydrogen-bond donors (Lipinski definition) is 0.